The van der Waals surface area contributed by atoms with Gasteiger partial charge in [0, 0.05) is 31.9 Å². The van der Waals surface area contributed by atoms with Gasteiger partial charge in [-0.2, -0.15) is 0 Å². The van der Waals surface area contributed by atoms with Gasteiger partial charge in [0.15, 0.2) is 0 Å². The van der Waals surface area contributed by atoms with Crippen LogP contribution in [0.2, 0.25) is 0 Å². The molecule has 29 heavy (non-hydrogen) atoms. The van der Waals surface area contributed by atoms with Crippen LogP contribution in [0.15, 0.2) is 78.9 Å². The molecular weight excluding hydrogens is 358 g/mol. The van der Waals surface area contributed by atoms with Crippen molar-refractivity contribution >= 4 is 11.6 Å². The highest BCUT2D eigenvalue weighted by Crippen LogP contribution is 2.22. The van der Waals surface area contributed by atoms with Crippen LogP contribution in [-0.2, 0) is 0 Å². The lowest BCUT2D eigenvalue weighted by Crippen LogP contribution is -2.34. The normalized spacial score (nSPS) is 11.9. The first-order chi connectivity index (χ1) is 14.0. The molecule has 0 radical (unpaired) electrons. The van der Waals surface area contributed by atoms with Gasteiger partial charge in [-0.25, -0.2) is 0 Å². The lowest BCUT2D eigenvalue weighted by molar-refractivity contribution is 0.0942. The molecule has 4 nitrogen and oxygen atoms in total. The van der Waals surface area contributed by atoms with Crippen LogP contribution in [0.1, 0.15) is 22.0 Å². The number of hydrogen-bond donors (Lipinski definition) is 1. The van der Waals surface area contributed by atoms with Crippen LogP contribution in [0.25, 0.3) is 11.1 Å². The standard InChI is InChI=1S/C25H29N3O/c1-27(2)23-16-14-21(15-17-23)24(28(3)4)18-26-25(29)22-12-10-20(11-13-22)19-8-6-5-7-9-19/h5-17,24H,18H2,1-4H3,(H,26,29)/t24-/m1/s1. The van der Waals surface area contributed by atoms with Crippen molar-refractivity contribution < 1.29 is 4.79 Å². The largest absolute Gasteiger partial charge is 0.378 e. The lowest BCUT2D eigenvalue weighted by Gasteiger charge is -2.26. The Labute approximate surface area is 173 Å². The Kier molecular flexibility index (Phi) is 6.68. The van der Waals surface area contributed by atoms with Crippen LogP contribution in [0.5, 0.6) is 0 Å². The van der Waals surface area contributed by atoms with Gasteiger partial charge < -0.3 is 15.1 Å². The van der Waals surface area contributed by atoms with E-state index in [0.717, 1.165) is 16.8 Å². The highest BCUT2D eigenvalue weighted by Gasteiger charge is 2.16. The molecule has 3 aromatic carbocycles. The maximum Gasteiger partial charge on any atom is 0.251 e. The number of carbonyl (C=O) groups excluding carboxylic acids is 1. The molecule has 0 aliphatic rings. The van der Waals surface area contributed by atoms with Gasteiger partial charge in [-0.05, 0) is 55.1 Å². The highest BCUT2D eigenvalue weighted by molar-refractivity contribution is 5.94. The number of nitrogens with one attached hydrogen (secondary N) is 1. The number of nitrogens with zero attached hydrogens (tertiary/aromatic N) is 2. The summed E-state index contributed by atoms with van der Waals surface area (Å²) in [6.45, 7) is 0.549. The summed E-state index contributed by atoms with van der Waals surface area (Å²) in [4.78, 5) is 16.9. The van der Waals surface area contributed by atoms with Crippen molar-refractivity contribution in [2.45, 2.75) is 6.04 Å². The molecule has 0 heterocycles. The van der Waals surface area contributed by atoms with E-state index < -0.39 is 0 Å². The van der Waals surface area contributed by atoms with E-state index in [2.05, 4.69) is 51.5 Å². The van der Waals surface area contributed by atoms with Gasteiger partial charge in [0.2, 0.25) is 0 Å². The first-order valence-corrected chi connectivity index (χ1v) is 9.83. The van der Waals surface area contributed by atoms with E-state index >= 15 is 0 Å². The summed E-state index contributed by atoms with van der Waals surface area (Å²) in [7, 11) is 8.13. The molecule has 0 bridgehead atoms. The van der Waals surface area contributed by atoms with Gasteiger partial charge in [0.1, 0.15) is 0 Å². The molecule has 0 aliphatic carbocycles. The van der Waals surface area contributed by atoms with Gasteiger partial charge in [-0.15, -0.1) is 0 Å². The van der Waals surface area contributed by atoms with Gasteiger partial charge in [0.05, 0.1) is 6.04 Å². The van der Waals surface area contributed by atoms with E-state index in [9.17, 15) is 4.79 Å². The topological polar surface area (TPSA) is 35.6 Å². The number of amides is 1. The summed E-state index contributed by atoms with van der Waals surface area (Å²) in [5.74, 6) is -0.0543. The number of benzene rings is 3. The van der Waals surface area contributed by atoms with Crippen molar-refractivity contribution in [3.8, 4) is 11.1 Å². The Balaban J connectivity index is 1.66. The number of hydrogen-bond acceptors (Lipinski definition) is 3. The molecule has 0 fully saturated rings. The first-order valence-electron chi connectivity index (χ1n) is 9.83. The fraction of sp³-hybridized carbons (Fsp3) is 0.240. The first kappa shape index (κ1) is 20.6. The smallest absolute Gasteiger partial charge is 0.251 e. The Bertz CT molecular complexity index is 917. The van der Waals surface area contributed by atoms with Crippen LogP contribution in [0.4, 0.5) is 5.69 Å². The summed E-state index contributed by atoms with van der Waals surface area (Å²) in [5, 5.41) is 3.08. The van der Waals surface area contributed by atoms with Crippen LogP contribution in [0, 0.1) is 0 Å². The number of carbonyl (C=O) groups is 1. The van der Waals surface area contributed by atoms with Crippen molar-refractivity contribution in [3.05, 3.63) is 90.0 Å². The summed E-state index contributed by atoms with van der Waals surface area (Å²) in [5.41, 5.74) is 5.27. The molecule has 1 amide bonds. The van der Waals surface area contributed by atoms with E-state index in [1.54, 1.807) is 0 Å². The minimum atomic E-state index is -0.0543. The molecule has 0 saturated carbocycles. The average molecular weight is 388 g/mol. The van der Waals surface area contributed by atoms with Crippen LogP contribution < -0.4 is 10.2 Å². The van der Waals surface area contributed by atoms with Crippen molar-refractivity contribution in [1.82, 2.24) is 10.2 Å². The van der Waals surface area contributed by atoms with E-state index in [0.29, 0.717) is 12.1 Å². The van der Waals surface area contributed by atoms with Crippen LogP contribution in [-0.4, -0.2) is 45.5 Å². The molecule has 0 spiro atoms. The van der Waals surface area contributed by atoms with Gasteiger partial charge in [0.25, 0.3) is 5.91 Å². The van der Waals surface area contributed by atoms with Gasteiger partial charge in [-0.3, -0.25) is 4.79 Å². The third-order valence-corrected chi connectivity index (χ3v) is 5.13. The van der Waals surface area contributed by atoms with Crippen molar-refractivity contribution in [2.75, 3.05) is 39.6 Å². The van der Waals surface area contributed by atoms with E-state index in [1.165, 1.54) is 5.56 Å². The van der Waals surface area contributed by atoms with Gasteiger partial charge >= 0.3 is 0 Å². The zero-order valence-corrected chi connectivity index (χ0v) is 17.6. The molecule has 0 aromatic heterocycles. The summed E-state index contributed by atoms with van der Waals surface area (Å²) < 4.78 is 0. The van der Waals surface area contributed by atoms with Crippen molar-refractivity contribution in [2.24, 2.45) is 0 Å². The minimum absolute atomic E-state index is 0.0543. The van der Waals surface area contributed by atoms with Crippen LogP contribution >= 0.6 is 0 Å². The predicted molar refractivity (Wildman–Crippen MR) is 121 cm³/mol. The minimum Gasteiger partial charge on any atom is -0.378 e. The van der Waals surface area contributed by atoms with Crippen molar-refractivity contribution in [3.63, 3.8) is 0 Å². The number of rotatable bonds is 7. The Hall–Kier alpha value is -3.11. The number of anilines is 1. The summed E-state index contributed by atoms with van der Waals surface area (Å²) in [6.07, 6.45) is 0. The van der Waals surface area contributed by atoms with Gasteiger partial charge in [-0.1, -0.05) is 54.6 Å². The zero-order valence-electron chi connectivity index (χ0n) is 17.6. The molecule has 0 aliphatic heterocycles. The van der Waals surface area contributed by atoms with E-state index in [1.807, 2.05) is 70.7 Å². The molecule has 0 unspecified atom stereocenters. The molecule has 1 atom stereocenters. The molecule has 150 valence electrons. The molecule has 0 saturated heterocycles. The SMILES string of the molecule is CN(C)c1ccc([C@@H](CNC(=O)c2ccc(-c3ccccc3)cc2)N(C)C)cc1. The molecule has 1 N–H and O–H groups in total. The zero-order chi connectivity index (χ0) is 20.8. The maximum absolute atomic E-state index is 12.7. The second-order valence-corrected chi connectivity index (χ2v) is 7.62. The Morgan fingerprint density at radius 3 is 1.93 bits per heavy atom. The van der Waals surface area contributed by atoms with Crippen molar-refractivity contribution in [1.29, 1.82) is 0 Å². The summed E-state index contributed by atoms with van der Waals surface area (Å²) >= 11 is 0. The molecule has 3 aromatic rings. The summed E-state index contributed by atoms with van der Waals surface area (Å²) in [6, 6.07) is 26.5. The third kappa shape index (κ3) is 5.24. The highest BCUT2D eigenvalue weighted by atomic mass is 16.1. The predicted octanol–water partition coefficient (Wildman–Crippen LogP) is 4.45. The Morgan fingerprint density at radius 2 is 1.38 bits per heavy atom. The average Bonchev–Trinajstić information content (AvgIpc) is 2.74. The van der Waals surface area contributed by atoms with E-state index in [-0.39, 0.29) is 11.9 Å². The third-order valence-electron chi connectivity index (χ3n) is 5.13. The lowest BCUT2D eigenvalue weighted by atomic mass is 10.0. The fourth-order valence-electron chi connectivity index (χ4n) is 3.33. The Morgan fingerprint density at radius 1 is 0.793 bits per heavy atom. The molecular formula is C25H29N3O. The second-order valence-electron chi connectivity index (χ2n) is 7.62. The quantitative estimate of drug-likeness (QED) is 0.650. The molecule has 4 heteroatoms. The fourth-order valence-corrected chi connectivity index (χ4v) is 3.33. The maximum atomic E-state index is 12.7. The molecule has 3 rings (SSSR count). The monoisotopic (exact) mass is 387 g/mol. The van der Waals surface area contributed by atoms with Crippen LogP contribution in [0.3, 0.4) is 0 Å². The number of likely N-dealkylation sites (N-methyl/N-ethyl adjacent to an activating group) is 1. The van der Waals surface area contributed by atoms with E-state index in [4.69, 9.17) is 0 Å². The second kappa shape index (κ2) is 9.39.